The number of carbonyl (C=O) groups is 1. The van der Waals surface area contributed by atoms with Crippen LogP contribution >= 0.6 is 0 Å². The predicted molar refractivity (Wildman–Crippen MR) is 59.1 cm³/mol. The fourth-order valence-electron chi connectivity index (χ4n) is 1.56. The summed E-state index contributed by atoms with van der Waals surface area (Å²) < 4.78 is 0. The second kappa shape index (κ2) is 3.90. The van der Waals surface area contributed by atoms with E-state index >= 15 is 0 Å². The standard InChI is InChI=1S/C12H11NO3/c1-7-2-3-8-6-9(11(14)12(15)16)4-5-10(8)13-7/h2-6,11,14H,1H3,(H,15,16)/t11-/m0/s1. The molecule has 1 aromatic heterocycles. The zero-order chi connectivity index (χ0) is 11.7. The molecule has 0 saturated heterocycles. The van der Waals surface area contributed by atoms with Crippen LogP contribution in [0, 0.1) is 6.92 Å². The average molecular weight is 217 g/mol. The van der Waals surface area contributed by atoms with Crippen LogP contribution < -0.4 is 0 Å². The highest BCUT2D eigenvalue weighted by Crippen LogP contribution is 2.19. The molecule has 0 aliphatic carbocycles. The number of aromatic nitrogens is 1. The average Bonchev–Trinajstić information content (AvgIpc) is 2.27. The molecular formula is C12H11NO3. The molecule has 0 saturated carbocycles. The van der Waals surface area contributed by atoms with Crippen molar-refractivity contribution in [3.8, 4) is 0 Å². The zero-order valence-corrected chi connectivity index (χ0v) is 8.71. The molecule has 16 heavy (non-hydrogen) atoms. The molecule has 4 nitrogen and oxygen atoms in total. The molecule has 0 fully saturated rings. The molecule has 0 aliphatic heterocycles. The van der Waals surface area contributed by atoms with Crippen molar-refractivity contribution in [1.29, 1.82) is 0 Å². The Morgan fingerprint density at radius 2 is 2.06 bits per heavy atom. The molecule has 1 atom stereocenters. The summed E-state index contributed by atoms with van der Waals surface area (Å²) in [6, 6.07) is 8.63. The van der Waals surface area contributed by atoms with E-state index in [-0.39, 0.29) is 0 Å². The van der Waals surface area contributed by atoms with Crippen LogP contribution in [0.3, 0.4) is 0 Å². The van der Waals surface area contributed by atoms with E-state index in [2.05, 4.69) is 4.98 Å². The Kier molecular flexibility index (Phi) is 2.58. The smallest absolute Gasteiger partial charge is 0.337 e. The van der Waals surface area contributed by atoms with Crippen molar-refractivity contribution in [2.24, 2.45) is 0 Å². The van der Waals surface area contributed by atoms with Gasteiger partial charge in [0.2, 0.25) is 0 Å². The number of nitrogens with zero attached hydrogens (tertiary/aromatic N) is 1. The molecule has 2 N–H and O–H groups in total. The number of carboxylic acids is 1. The van der Waals surface area contributed by atoms with Crippen LogP contribution in [0.2, 0.25) is 0 Å². The van der Waals surface area contributed by atoms with E-state index in [4.69, 9.17) is 5.11 Å². The second-order valence-corrected chi connectivity index (χ2v) is 3.65. The Balaban J connectivity index is 2.52. The molecule has 82 valence electrons. The first kappa shape index (κ1) is 10.6. The van der Waals surface area contributed by atoms with Crippen LogP contribution in [0.1, 0.15) is 17.4 Å². The molecular weight excluding hydrogens is 206 g/mol. The number of aliphatic hydroxyl groups excluding tert-OH is 1. The number of carboxylic acid groups (broad SMARTS) is 1. The summed E-state index contributed by atoms with van der Waals surface area (Å²) in [5, 5.41) is 18.9. The molecule has 0 amide bonds. The van der Waals surface area contributed by atoms with Crippen molar-refractivity contribution in [3.63, 3.8) is 0 Å². The van der Waals surface area contributed by atoms with Crippen LogP contribution in [0.4, 0.5) is 0 Å². The van der Waals surface area contributed by atoms with Gasteiger partial charge in [0.25, 0.3) is 0 Å². The van der Waals surface area contributed by atoms with Crippen molar-refractivity contribution < 1.29 is 15.0 Å². The Labute approximate surface area is 92.2 Å². The number of benzene rings is 1. The van der Waals surface area contributed by atoms with Gasteiger partial charge in [0.05, 0.1) is 5.52 Å². The van der Waals surface area contributed by atoms with E-state index in [9.17, 15) is 9.90 Å². The normalized spacial score (nSPS) is 12.6. The van der Waals surface area contributed by atoms with Gasteiger partial charge < -0.3 is 10.2 Å². The molecule has 0 aliphatic rings. The fraction of sp³-hybridized carbons (Fsp3) is 0.167. The number of aryl methyl sites for hydroxylation is 1. The highest BCUT2D eigenvalue weighted by Gasteiger charge is 2.15. The minimum absolute atomic E-state index is 0.366. The van der Waals surface area contributed by atoms with E-state index in [0.717, 1.165) is 16.6 Å². The summed E-state index contributed by atoms with van der Waals surface area (Å²) in [4.78, 5) is 14.9. The largest absolute Gasteiger partial charge is 0.479 e. The van der Waals surface area contributed by atoms with Gasteiger partial charge in [-0.15, -0.1) is 0 Å². The van der Waals surface area contributed by atoms with E-state index in [1.54, 1.807) is 18.2 Å². The Morgan fingerprint density at radius 1 is 1.31 bits per heavy atom. The van der Waals surface area contributed by atoms with Crippen LogP contribution in [-0.4, -0.2) is 21.2 Å². The van der Waals surface area contributed by atoms with Crippen LogP contribution in [0.25, 0.3) is 10.9 Å². The van der Waals surface area contributed by atoms with Crippen molar-refractivity contribution in [1.82, 2.24) is 4.98 Å². The van der Waals surface area contributed by atoms with Gasteiger partial charge in [0, 0.05) is 11.1 Å². The SMILES string of the molecule is Cc1ccc2cc([C@H](O)C(=O)O)ccc2n1. The van der Waals surface area contributed by atoms with Gasteiger partial charge in [-0.2, -0.15) is 0 Å². The molecule has 0 unspecified atom stereocenters. The molecule has 0 radical (unpaired) electrons. The number of aliphatic carboxylic acids is 1. The van der Waals surface area contributed by atoms with E-state index in [0.29, 0.717) is 5.56 Å². The molecule has 1 aromatic carbocycles. The lowest BCUT2D eigenvalue weighted by atomic mass is 10.1. The van der Waals surface area contributed by atoms with Crippen LogP contribution in [-0.2, 0) is 4.79 Å². The number of hydrogen-bond acceptors (Lipinski definition) is 3. The van der Waals surface area contributed by atoms with E-state index in [1.165, 1.54) is 0 Å². The maximum Gasteiger partial charge on any atom is 0.337 e. The van der Waals surface area contributed by atoms with Crippen LogP contribution in [0.15, 0.2) is 30.3 Å². The monoisotopic (exact) mass is 217 g/mol. The fourth-order valence-corrected chi connectivity index (χ4v) is 1.56. The lowest BCUT2D eigenvalue weighted by Crippen LogP contribution is -2.10. The highest BCUT2D eigenvalue weighted by molar-refractivity contribution is 5.82. The van der Waals surface area contributed by atoms with Gasteiger partial charge >= 0.3 is 5.97 Å². The second-order valence-electron chi connectivity index (χ2n) is 3.65. The van der Waals surface area contributed by atoms with Crippen molar-refractivity contribution >= 4 is 16.9 Å². The van der Waals surface area contributed by atoms with Gasteiger partial charge in [-0.05, 0) is 30.7 Å². The van der Waals surface area contributed by atoms with Crippen molar-refractivity contribution in [3.05, 3.63) is 41.6 Å². The molecule has 0 spiro atoms. The highest BCUT2D eigenvalue weighted by atomic mass is 16.4. The Hall–Kier alpha value is -1.94. The van der Waals surface area contributed by atoms with Crippen molar-refractivity contribution in [2.75, 3.05) is 0 Å². The van der Waals surface area contributed by atoms with Crippen molar-refractivity contribution in [2.45, 2.75) is 13.0 Å². The maximum atomic E-state index is 10.6. The quantitative estimate of drug-likeness (QED) is 0.802. The Bertz CT molecular complexity index is 551. The maximum absolute atomic E-state index is 10.6. The third-order valence-corrected chi connectivity index (χ3v) is 2.40. The number of aliphatic hydroxyl groups is 1. The lowest BCUT2D eigenvalue weighted by molar-refractivity contribution is -0.146. The third kappa shape index (κ3) is 1.87. The lowest BCUT2D eigenvalue weighted by Gasteiger charge is -2.07. The summed E-state index contributed by atoms with van der Waals surface area (Å²) in [6.07, 6.45) is -1.48. The first-order chi connectivity index (χ1) is 7.58. The summed E-state index contributed by atoms with van der Waals surface area (Å²) in [5.41, 5.74) is 2.06. The number of pyridine rings is 1. The molecule has 0 bridgehead atoms. The number of fused-ring (bicyclic) bond motifs is 1. The number of hydrogen-bond donors (Lipinski definition) is 2. The minimum Gasteiger partial charge on any atom is -0.479 e. The van der Waals surface area contributed by atoms with Gasteiger partial charge in [-0.3, -0.25) is 4.98 Å². The van der Waals surface area contributed by atoms with E-state index < -0.39 is 12.1 Å². The summed E-state index contributed by atoms with van der Waals surface area (Å²) in [6.45, 7) is 1.89. The zero-order valence-electron chi connectivity index (χ0n) is 8.71. The summed E-state index contributed by atoms with van der Waals surface area (Å²) in [5.74, 6) is -1.25. The molecule has 2 aromatic rings. The predicted octanol–water partition coefficient (Wildman–Crippen LogP) is 1.66. The third-order valence-electron chi connectivity index (χ3n) is 2.40. The minimum atomic E-state index is -1.48. The van der Waals surface area contributed by atoms with Gasteiger partial charge in [-0.1, -0.05) is 12.1 Å². The summed E-state index contributed by atoms with van der Waals surface area (Å²) >= 11 is 0. The number of rotatable bonds is 2. The van der Waals surface area contributed by atoms with Gasteiger partial charge in [-0.25, -0.2) is 4.79 Å². The summed E-state index contributed by atoms with van der Waals surface area (Å²) in [7, 11) is 0. The molecule has 4 heteroatoms. The van der Waals surface area contributed by atoms with Crippen LogP contribution in [0.5, 0.6) is 0 Å². The van der Waals surface area contributed by atoms with E-state index in [1.807, 2.05) is 19.1 Å². The molecule has 1 heterocycles. The first-order valence-electron chi connectivity index (χ1n) is 4.86. The topological polar surface area (TPSA) is 70.4 Å². The van der Waals surface area contributed by atoms with Gasteiger partial charge in [0.15, 0.2) is 6.10 Å². The Morgan fingerprint density at radius 3 is 2.75 bits per heavy atom. The van der Waals surface area contributed by atoms with Gasteiger partial charge in [0.1, 0.15) is 0 Å². The molecule has 2 rings (SSSR count). The first-order valence-corrected chi connectivity index (χ1v) is 4.86.